The highest BCUT2D eigenvalue weighted by Gasteiger charge is 2.41. The molecule has 0 bridgehead atoms. The number of rotatable bonds is 5. The van der Waals surface area contributed by atoms with E-state index in [9.17, 15) is 14.0 Å². The van der Waals surface area contributed by atoms with E-state index in [2.05, 4.69) is 17.0 Å². The number of nitrogens with two attached hydrogens (primary N) is 1. The smallest absolute Gasteiger partial charge is 0.253 e. The minimum Gasteiger partial charge on any atom is -0.371 e. The molecule has 2 amide bonds. The van der Waals surface area contributed by atoms with Crippen LogP contribution in [0.4, 0.5) is 10.1 Å². The van der Waals surface area contributed by atoms with Crippen LogP contribution in [0.1, 0.15) is 22.3 Å². The van der Waals surface area contributed by atoms with Gasteiger partial charge in [-0.05, 0) is 42.3 Å². The number of fused-ring (bicyclic) bond motifs is 1. The standard InChI is InChI=1S/C22H24FN3O2/c23-19-5-2-4-16(10-19)22(28)26-13-17-11-25(12-18(17)14-26)20-6-1-3-15(9-20)7-8-21(24)27/h1-6,9-10,17-18H,7-8,11-14H2,(H2,24,27). The van der Waals surface area contributed by atoms with Crippen molar-refractivity contribution in [3.05, 3.63) is 65.5 Å². The third-order valence-electron chi connectivity index (χ3n) is 5.78. The Kier molecular flexibility index (Phi) is 5.03. The predicted octanol–water partition coefficient (Wildman–Crippen LogP) is 2.45. The SMILES string of the molecule is NC(=O)CCc1cccc(N2CC3CN(C(=O)c4cccc(F)c4)CC3C2)c1. The van der Waals surface area contributed by atoms with Gasteiger partial charge in [-0.15, -0.1) is 0 Å². The molecule has 0 aliphatic carbocycles. The number of likely N-dealkylation sites (tertiary alicyclic amines) is 1. The van der Waals surface area contributed by atoms with E-state index in [1.807, 2.05) is 17.0 Å². The van der Waals surface area contributed by atoms with Gasteiger partial charge in [0.15, 0.2) is 0 Å². The van der Waals surface area contributed by atoms with Crippen LogP contribution in [0.3, 0.4) is 0 Å². The Balaban J connectivity index is 1.38. The van der Waals surface area contributed by atoms with Crippen molar-refractivity contribution >= 4 is 17.5 Å². The number of carbonyl (C=O) groups is 2. The molecule has 6 heteroatoms. The van der Waals surface area contributed by atoms with Gasteiger partial charge in [0.2, 0.25) is 5.91 Å². The van der Waals surface area contributed by atoms with Crippen molar-refractivity contribution in [2.45, 2.75) is 12.8 Å². The molecule has 5 nitrogen and oxygen atoms in total. The quantitative estimate of drug-likeness (QED) is 0.865. The molecule has 0 radical (unpaired) electrons. The summed E-state index contributed by atoms with van der Waals surface area (Å²) in [6, 6.07) is 14.1. The van der Waals surface area contributed by atoms with Gasteiger partial charge in [0.25, 0.3) is 5.91 Å². The van der Waals surface area contributed by atoms with Crippen LogP contribution >= 0.6 is 0 Å². The molecule has 2 atom stereocenters. The lowest BCUT2D eigenvalue weighted by atomic mass is 10.0. The van der Waals surface area contributed by atoms with Crippen LogP contribution in [0.5, 0.6) is 0 Å². The monoisotopic (exact) mass is 381 g/mol. The molecule has 2 aromatic rings. The summed E-state index contributed by atoms with van der Waals surface area (Å²) < 4.78 is 13.4. The molecule has 146 valence electrons. The molecule has 2 N–H and O–H groups in total. The fourth-order valence-corrected chi connectivity index (χ4v) is 4.35. The summed E-state index contributed by atoms with van der Waals surface area (Å²) >= 11 is 0. The van der Waals surface area contributed by atoms with E-state index in [-0.39, 0.29) is 17.6 Å². The van der Waals surface area contributed by atoms with Crippen molar-refractivity contribution in [2.24, 2.45) is 17.6 Å². The summed E-state index contributed by atoms with van der Waals surface area (Å²) in [6.07, 6.45) is 1.01. The predicted molar refractivity (Wildman–Crippen MR) is 105 cm³/mol. The summed E-state index contributed by atoms with van der Waals surface area (Å²) in [5, 5.41) is 0. The van der Waals surface area contributed by atoms with Crippen LogP contribution in [-0.2, 0) is 11.2 Å². The molecule has 28 heavy (non-hydrogen) atoms. The van der Waals surface area contributed by atoms with Crippen LogP contribution in [0.15, 0.2) is 48.5 Å². The number of carbonyl (C=O) groups excluding carboxylic acids is 2. The number of hydrogen-bond acceptors (Lipinski definition) is 3. The highest BCUT2D eigenvalue weighted by Crippen LogP contribution is 2.35. The molecule has 2 aliphatic heterocycles. The van der Waals surface area contributed by atoms with Crippen molar-refractivity contribution in [2.75, 3.05) is 31.1 Å². The van der Waals surface area contributed by atoms with Gasteiger partial charge in [-0.3, -0.25) is 9.59 Å². The van der Waals surface area contributed by atoms with Crippen LogP contribution in [-0.4, -0.2) is 42.9 Å². The number of amides is 2. The fraction of sp³-hybridized carbons (Fsp3) is 0.364. The first-order valence-corrected chi connectivity index (χ1v) is 9.66. The topological polar surface area (TPSA) is 66.6 Å². The summed E-state index contributed by atoms with van der Waals surface area (Å²) in [7, 11) is 0. The molecule has 2 fully saturated rings. The number of hydrogen-bond donors (Lipinski definition) is 1. The lowest BCUT2D eigenvalue weighted by molar-refractivity contribution is -0.117. The zero-order valence-electron chi connectivity index (χ0n) is 15.7. The number of primary amides is 1. The average Bonchev–Trinajstić information content (AvgIpc) is 3.25. The summed E-state index contributed by atoms with van der Waals surface area (Å²) in [5.41, 5.74) is 7.92. The van der Waals surface area contributed by atoms with Gasteiger partial charge >= 0.3 is 0 Å². The maximum absolute atomic E-state index is 13.4. The maximum Gasteiger partial charge on any atom is 0.253 e. The van der Waals surface area contributed by atoms with E-state index >= 15 is 0 Å². The molecule has 2 saturated heterocycles. The molecule has 2 aliphatic rings. The number of aryl methyl sites for hydroxylation is 1. The second-order valence-corrected chi connectivity index (χ2v) is 7.78. The first kappa shape index (κ1) is 18.5. The number of halogens is 1. The largest absolute Gasteiger partial charge is 0.371 e. The van der Waals surface area contributed by atoms with Gasteiger partial charge in [-0.25, -0.2) is 4.39 Å². The number of benzene rings is 2. The Morgan fingerprint density at radius 2 is 1.71 bits per heavy atom. The molecule has 2 unspecified atom stereocenters. The van der Waals surface area contributed by atoms with Crippen molar-refractivity contribution in [3.63, 3.8) is 0 Å². The molecule has 0 spiro atoms. The normalized spacial score (nSPS) is 21.0. The average molecular weight is 381 g/mol. The van der Waals surface area contributed by atoms with Crippen LogP contribution in [0.25, 0.3) is 0 Å². The minimum atomic E-state index is -0.382. The Bertz CT molecular complexity index is 887. The Morgan fingerprint density at radius 1 is 1.00 bits per heavy atom. The van der Waals surface area contributed by atoms with Crippen LogP contribution in [0, 0.1) is 17.7 Å². The Labute approximate surface area is 163 Å². The second-order valence-electron chi connectivity index (χ2n) is 7.78. The van der Waals surface area contributed by atoms with E-state index in [1.54, 1.807) is 12.1 Å². The summed E-state index contributed by atoms with van der Waals surface area (Å²) in [5.74, 6) is 0.0873. The zero-order chi connectivity index (χ0) is 19.7. The molecule has 0 aromatic heterocycles. The molecule has 2 aromatic carbocycles. The van der Waals surface area contributed by atoms with Crippen molar-refractivity contribution in [1.29, 1.82) is 0 Å². The highest BCUT2D eigenvalue weighted by molar-refractivity contribution is 5.94. The molecule has 2 heterocycles. The lowest BCUT2D eigenvalue weighted by Crippen LogP contribution is -2.33. The van der Waals surface area contributed by atoms with E-state index < -0.39 is 0 Å². The first-order chi connectivity index (χ1) is 13.5. The third kappa shape index (κ3) is 3.86. The van der Waals surface area contributed by atoms with Gasteiger partial charge in [-0.1, -0.05) is 18.2 Å². The van der Waals surface area contributed by atoms with Crippen LogP contribution in [0.2, 0.25) is 0 Å². The van der Waals surface area contributed by atoms with Gasteiger partial charge in [-0.2, -0.15) is 0 Å². The third-order valence-corrected chi connectivity index (χ3v) is 5.78. The van der Waals surface area contributed by atoms with E-state index in [1.165, 1.54) is 12.1 Å². The van der Waals surface area contributed by atoms with Crippen molar-refractivity contribution in [1.82, 2.24) is 4.90 Å². The zero-order valence-corrected chi connectivity index (χ0v) is 15.7. The van der Waals surface area contributed by atoms with Crippen molar-refractivity contribution < 1.29 is 14.0 Å². The number of nitrogens with zero attached hydrogens (tertiary/aromatic N) is 2. The Hall–Kier alpha value is -2.89. The fourth-order valence-electron chi connectivity index (χ4n) is 4.35. The maximum atomic E-state index is 13.4. The summed E-state index contributed by atoms with van der Waals surface area (Å²) in [4.78, 5) is 27.9. The van der Waals surface area contributed by atoms with Crippen molar-refractivity contribution in [3.8, 4) is 0 Å². The highest BCUT2D eigenvalue weighted by atomic mass is 19.1. The van der Waals surface area contributed by atoms with Gasteiger partial charge in [0, 0.05) is 55.7 Å². The first-order valence-electron chi connectivity index (χ1n) is 9.66. The molecular formula is C22H24FN3O2. The number of anilines is 1. The van der Waals surface area contributed by atoms with Gasteiger partial charge < -0.3 is 15.5 Å². The van der Waals surface area contributed by atoms with E-state index in [0.29, 0.717) is 43.3 Å². The summed E-state index contributed by atoms with van der Waals surface area (Å²) in [6.45, 7) is 3.21. The Morgan fingerprint density at radius 3 is 2.39 bits per heavy atom. The lowest BCUT2D eigenvalue weighted by Gasteiger charge is -2.24. The molecular weight excluding hydrogens is 357 g/mol. The van der Waals surface area contributed by atoms with E-state index in [4.69, 9.17) is 5.73 Å². The van der Waals surface area contributed by atoms with Gasteiger partial charge in [0.05, 0.1) is 0 Å². The molecule has 4 rings (SSSR count). The second kappa shape index (κ2) is 7.62. The van der Waals surface area contributed by atoms with E-state index in [0.717, 1.165) is 24.3 Å². The van der Waals surface area contributed by atoms with Crippen LogP contribution < -0.4 is 10.6 Å². The van der Waals surface area contributed by atoms with Gasteiger partial charge in [0.1, 0.15) is 5.82 Å². The minimum absolute atomic E-state index is 0.0890. The molecule has 0 saturated carbocycles.